The summed E-state index contributed by atoms with van der Waals surface area (Å²) in [4.78, 5) is 14.1. The van der Waals surface area contributed by atoms with Crippen LogP contribution in [-0.4, -0.2) is 59.6 Å². The van der Waals surface area contributed by atoms with Crippen molar-refractivity contribution in [3.8, 4) is 0 Å². The van der Waals surface area contributed by atoms with E-state index < -0.39 is 29.9 Å². The Morgan fingerprint density at radius 1 is 1.36 bits per heavy atom. The Bertz CT molecular complexity index is 558. The second kappa shape index (κ2) is 8.17. The highest BCUT2D eigenvalue weighted by molar-refractivity contribution is 5.69. The summed E-state index contributed by atoms with van der Waals surface area (Å²) in [5.74, 6) is 0. The monoisotopic (exact) mass is 350 g/mol. The molecule has 0 saturated carbocycles. The van der Waals surface area contributed by atoms with Gasteiger partial charge in [0.1, 0.15) is 5.60 Å². The summed E-state index contributed by atoms with van der Waals surface area (Å²) in [6.45, 7) is 5.86. The third-order valence-corrected chi connectivity index (χ3v) is 4.41. The number of nitrogens with zero attached hydrogens (tertiary/aromatic N) is 1. The molecule has 6 nitrogen and oxygen atoms in total. The van der Waals surface area contributed by atoms with Gasteiger partial charge in [-0.3, -0.25) is 4.90 Å². The second-order valence-corrected chi connectivity index (χ2v) is 7.64. The van der Waals surface area contributed by atoms with Gasteiger partial charge in [-0.25, -0.2) is 4.79 Å². The maximum Gasteiger partial charge on any atom is 0.410 e. The zero-order chi connectivity index (χ0) is 18.6. The van der Waals surface area contributed by atoms with E-state index in [1.54, 1.807) is 12.0 Å². The lowest BCUT2D eigenvalue weighted by Gasteiger charge is -2.33. The summed E-state index contributed by atoms with van der Waals surface area (Å²) in [7, 11) is 1.61. The highest BCUT2D eigenvalue weighted by Gasteiger charge is 2.42. The summed E-state index contributed by atoms with van der Waals surface area (Å²) >= 11 is 0. The fourth-order valence-electron chi connectivity index (χ4n) is 3.14. The number of amides is 1. The molecule has 6 heteroatoms. The maximum absolute atomic E-state index is 12.5. The Morgan fingerprint density at radius 3 is 2.56 bits per heavy atom. The molecule has 0 unspecified atom stereocenters. The predicted molar refractivity (Wildman–Crippen MR) is 96.3 cm³/mol. The van der Waals surface area contributed by atoms with E-state index in [-0.39, 0.29) is 6.10 Å². The third kappa shape index (κ3) is 5.42. The van der Waals surface area contributed by atoms with Crippen molar-refractivity contribution in [2.75, 3.05) is 13.7 Å². The number of aliphatic hydroxyl groups is 1. The molecule has 25 heavy (non-hydrogen) atoms. The minimum Gasteiger partial charge on any atom is -0.444 e. The molecular weight excluding hydrogens is 320 g/mol. The number of rotatable bonds is 5. The first-order valence-electron chi connectivity index (χ1n) is 8.71. The first-order chi connectivity index (χ1) is 11.7. The molecule has 1 heterocycles. The van der Waals surface area contributed by atoms with E-state index >= 15 is 0 Å². The number of nitrogens with two attached hydrogens (primary N) is 1. The number of hydrogen-bond donors (Lipinski definition) is 2. The number of benzene rings is 1. The van der Waals surface area contributed by atoms with E-state index in [1.165, 1.54) is 0 Å². The summed E-state index contributed by atoms with van der Waals surface area (Å²) in [5, 5.41) is 10.8. The fourth-order valence-corrected chi connectivity index (χ4v) is 3.14. The second-order valence-electron chi connectivity index (χ2n) is 7.64. The third-order valence-electron chi connectivity index (χ3n) is 4.41. The van der Waals surface area contributed by atoms with E-state index in [4.69, 9.17) is 15.2 Å². The summed E-state index contributed by atoms with van der Waals surface area (Å²) in [6, 6.07) is 8.88. The van der Waals surface area contributed by atoms with Crippen molar-refractivity contribution in [1.82, 2.24) is 4.90 Å². The van der Waals surface area contributed by atoms with Crippen LogP contribution in [0.3, 0.4) is 0 Å². The van der Waals surface area contributed by atoms with Gasteiger partial charge in [0.05, 0.1) is 24.8 Å². The van der Waals surface area contributed by atoms with Gasteiger partial charge in [0.25, 0.3) is 0 Å². The zero-order valence-electron chi connectivity index (χ0n) is 15.5. The van der Waals surface area contributed by atoms with Crippen molar-refractivity contribution >= 4 is 6.09 Å². The molecule has 1 aliphatic rings. The molecule has 1 aromatic carbocycles. The molecule has 1 amide bonds. The lowest BCUT2D eigenvalue weighted by molar-refractivity contribution is 0.000343. The molecule has 4 atom stereocenters. The van der Waals surface area contributed by atoms with Gasteiger partial charge in [-0.15, -0.1) is 0 Å². The van der Waals surface area contributed by atoms with Gasteiger partial charge in [-0.1, -0.05) is 30.3 Å². The number of aliphatic hydroxyl groups excluding tert-OH is 1. The molecule has 0 spiro atoms. The van der Waals surface area contributed by atoms with Crippen LogP contribution in [0.4, 0.5) is 4.79 Å². The van der Waals surface area contributed by atoms with Crippen molar-refractivity contribution in [2.24, 2.45) is 5.73 Å². The van der Waals surface area contributed by atoms with Crippen LogP contribution in [0.1, 0.15) is 32.8 Å². The number of ether oxygens (including phenoxy) is 2. The highest BCUT2D eigenvalue weighted by Crippen LogP contribution is 2.26. The van der Waals surface area contributed by atoms with E-state index in [0.29, 0.717) is 19.4 Å². The normalized spacial score (nSPS) is 23.4. The first-order valence-corrected chi connectivity index (χ1v) is 8.71. The lowest BCUT2D eigenvalue weighted by atomic mass is 9.95. The highest BCUT2D eigenvalue weighted by atomic mass is 16.6. The molecule has 0 bridgehead atoms. The predicted octanol–water partition coefficient (Wildman–Crippen LogP) is 1.94. The van der Waals surface area contributed by atoms with Crippen LogP contribution in [0.15, 0.2) is 30.3 Å². The van der Waals surface area contributed by atoms with Crippen LogP contribution in [0.2, 0.25) is 0 Å². The average Bonchev–Trinajstić information content (AvgIpc) is 2.98. The molecular formula is C19H30N2O4. The molecule has 0 aromatic heterocycles. The molecule has 1 aliphatic heterocycles. The fraction of sp³-hybridized carbons (Fsp3) is 0.632. The largest absolute Gasteiger partial charge is 0.444 e. The Kier molecular flexibility index (Phi) is 6.43. The lowest BCUT2D eigenvalue weighted by Crippen LogP contribution is -2.52. The molecule has 2 rings (SSSR count). The number of carbonyl (C=O) groups excluding carboxylic acids is 1. The molecule has 3 N–H and O–H groups in total. The van der Waals surface area contributed by atoms with Crippen LogP contribution < -0.4 is 5.73 Å². The summed E-state index contributed by atoms with van der Waals surface area (Å²) < 4.78 is 10.9. The van der Waals surface area contributed by atoms with Gasteiger partial charge < -0.3 is 20.3 Å². The number of carbonyl (C=O) groups is 1. The van der Waals surface area contributed by atoms with E-state index in [9.17, 15) is 9.90 Å². The summed E-state index contributed by atoms with van der Waals surface area (Å²) in [5.41, 5.74) is 6.70. The van der Waals surface area contributed by atoms with Crippen molar-refractivity contribution in [3.05, 3.63) is 35.9 Å². The van der Waals surface area contributed by atoms with Crippen molar-refractivity contribution < 1.29 is 19.4 Å². The first kappa shape index (κ1) is 19.7. The molecule has 0 aliphatic carbocycles. The number of methoxy groups -OCH3 is 1. The topological polar surface area (TPSA) is 85.0 Å². The molecule has 0 radical (unpaired) electrons. The van der Waals surface area contributed by atoms with Gasteiger partial charge >= 0.3 is 6.09 Å². The zero-order valence-corrected chi connectivity index (χ0v) is 15.5. The van der Waals surface area contributed by atoms with Crippen molar-refractivity contribution in [2.45, 2.75) is 63.5 Å². The number of hydrogen-bond acceptors (Lipinski definition) is 5. The molecule has 1 aromatic rings. The Morgan fingerprint density at radius 2 is 2.00 bits per heavy atom. The van der Waals surface area contributed by atoms with Gasteiger partial charge in [0, 0.05) is 13.2 Å². The molecule has 1 saturated heterocycles. The minimum absolute atomic E-state index is 0.129. The minimum atomic E-state index is -0.854. The van der Waals surface area contributed by atoms with Gasteiger partial charge in [-0.2, -0.15) is 0 Å². The Labute approximate surface area is 149 Å². The van der Waals surface area contributed by atoms with Gasteiger partial charge in [0.2, 0.25) is 0 Å². The molecule has 140 valence electrons. The van der Waals surface area contributed by atoms with E-state index in [1.807, 2.05) is 51.1 Å². The van der Waals surface area contributed by atoms with Crippen molar-refractivity contribution in [1.29, 1.82) is 0 Å². The van der Waals surface area contributed by atoms with Crippen LogP contribution in [-0.2, 0) is 15.9 Å². The van der Waals surface area contributed by atoms with E-state index in [2.05, 4.69) is 0 Å². The quantitative estimate of drug-likeness (QED) is 0.848. The smallest absolute Gasteiger partial charge is 0.410 e. The van der Waals surface area contributed by atoms with Crippen LogP contribution in [0, 0.1) is 0 Å². The van der Waals surface area contributed by atoms with Gasteiger partial charge in [-0.05, 0) is 39.2 Å². The SMILES string of the molecule is CO[C@@H]1C[C@H]([C@@H](O)[C@@H](N)Cc2ccccc2)N(C(=O)OC(C)(C)C)C1. The van der Waals surface area contributed by atoms with Crippen LogP contribution in [0.25, 0.3) is 0 Å². The standard InChI is InChI=1S/C19H30N2O4/c1-19(2,3)25-18(23)21-12-14(24-4)11-16(21)17(22)15(20)10-13-8-6-5-7-9-13/h5-9,14-17,22H,10-12,20H2,1-4H3/t14-,15+,16-,17+/m1/s1. The van der Waals surface area contributed by atoms with Crippen LogP contribution >= 0.6 is 0 Å². The Balaban J connectivity index is 2.08. The van der Waals surface area contributed by atoms with Crippen molar-refractivity contribution in [3.63, 3.8) is 0 Å². The maximum atomic E-state index is 12.5. The van der Waals surface area contributed by atoms with Gasteiger partial charge in [0.15, 0.2) is 0 Å². The number of likely N-dealkylation sites (tertiary alicyclic amines) is 1. The van der Waals surface area contributed by atoms with Crippen LogP contribution in [0.5, 0.6) is 0 Å². The average molecular weight is 350 g/mol. The Hall–Kier alpha value is -1.63. The molecule has 1 fully saturated rings. The summed E-state index contributed by atoms with van der Waals surface area (Å²) in [6.07, 6.45) is -0.343. The van der Waals surface area contributed by atoms with E-state index in [0.717, 1.165) is 5.56 Å².